The van der Waals surface area contributed by atoms with E-state index in [1.165, 1.54) is 9.71 Å². The largest absolute Gasteiger partial charge is 0.312 e. The van der Waals surface area contributed by atoms with Gasteiger partial charge < -0.3 is 4.90 Å². The summed E-state index contributed by atoms with van der Waals surface area (Å²) in [6, 6.07) is 15.8. The van der Waals surface area contributed by atoms with Gasteiger partial charge >= 0.3 is 0 Å². The highest BCUT2D eigenvalue weighted by molar-refractivity contribution is 7.18. The topological polar surface area (TPSA) is 53.5 Å². The fourth-order valence-corrected chi connectivity index (χ4v) is 5.60. The van der Waals surface area contributed by atoms with Gasteiger partial charge in [0, 0.05) is 36.7 Å². The number of benzene rings is 2. The molecule has 0 radical (unpaired) electrons. The molecule has 30 heavy (non-hydrogen) atoms. The van der Waals surface area contributed by atoms with E-state index in [4.69, 9.17) is 4.98 Å². The number of anilines is 1. The van der Waals surface area contributed by atoms with Crippen LogP contribution < -0.4 is 4.90 Å². The highest BCUT2D eigenvalue weighted by Crippen LogP contribution is 2.33. The van der Waals surface area contributed by atoms with Crippen molar-refractivity contribution in [3.63, 3.8) is 0 Å². The molecule has 2 aliphatic rings. The summed E-state index contributed by atoms with van der Waals surface area (Å²) in [7, 11) is 0. The summed E-state index contributed by atoms with van der Waals surface area (Å²) in [5, 5.41) is 1.19. The number of Topliss-reactive ketones (excluding diaryl/α,β-unsaturated/α-hetero) is 1. The van der Waals surface area contributed by atoms with Crippen LogP contribution in [0.2, 0.25) is 0 Å². The summed E-state index contributed by atoms with van der Waals surface area (Å²) < 4.78 is 1.23. The minimum absolute atomic E-state index is 0.138. The zero-order valence-corrected chi connectivity index (χ0v) is 17.7. The van der Waals surface area contributed by atoms with E-state index in [0.29, 0.717) is 24.4 Å². The Hall–Kier alpha value is -2.57. The van der Waals surface area contributed by atoms with Crippen LogP contribution in [-0.4, -0.2) is 47.8 Å². The third kappa shape index (κ3) is 3.89. The number of rotatable bonds is 5. The summed E-state index contributed by atoms with van der Waals surface area (Å²) in [5.74, 6) is 0.704. The van der Waals surface area contributed by atoms with Crippen molar-refractivity contribution in [2.45, 2.75) is 31.6 Å². The number of amides is 1. The Morgan fingerprint density at radius 3 is 2.67 bits per heavy atom. The molecule has 2 fully saturated rings. The summed E-state index contributed by atoms with van der Waals surface area (Å²) in [4.78, 5) is 33.7. The number of carbonyl (C=O) groups is 2. The van der Waals surface area contributed by atoms with Crippen LogP contribution in [0.5, 0.6) is 0 Å². The zero-order valence-electron chi connectivity index (χ0n) is 16.9. The number of aromatic nitrogens is 1. The molecule has 3 heterocycles. The second-order valence-corrected chi connectivity index (χ2v) is 9.28. The number of para-hydroxylation sites is 1. The molecule has 0 bridgehead atoms. The number of carbonyl (C=O) groups excluding carboxylic acids is 2. The summed E-state index contributed by atoms with van der Waals surface area (Å²) in [6.45, 7) is 3.04. The summed E-state index contributed by atoms with van der Waals surface area (Å²) in [5.41, 5.74) is 2.68. The van der Waals surface area contributed by atoms with Gasteiger partial charge in [0.1, 0.15) is 0 Å². The van der Waals surface area contributed by atoms with Gasteiger partial charge in [0.25, 0.3) is 0 Å². The molecule has 3 aromatic rings. The Kier molecular flexibility index (Phi) is 5.35. The van der Waals surface area contributed by atoms with E-state index in [1.807, 2.05) is 35.2 Å². The van der Waals surface area contributed by atoms with Gasteiger partial charge in [-0.1, -0.05) is 12.1 Å². The monoisotopic (exact) mass is 419 g/mol. The minimum Gasteiger partial charge on any atom is -0.312 e. The van der Waals surface area contributed by atoms with Crippen molar-refractivity contribution in [3.05, 3.63) is 59.1 Å². The molecular formula is C24H25N3O2S. The second-order valence-electron chi connectivity index (χ2n) is 8.21. The lowest BCUT2D eigenvalue weighted by Crippen LogP contribution is -2.38. The Morgan fingerprint density at radius 2 is 1.90 bits per heavy atom. The first-order chi connectivity index (χ1) is 14.7. The molecule has 2 saturated heterocycles. The van der Waals surface area contributed by atoms with Crippen molar-refractivity contribution in [2.75, 3.05) is 31.1 Å². The number of nitrogens with zero attached hydrogens (tertiary/aromatic N) is 3. The second kappa shape index (κ2) is 8.28. The molecule has 2 aromatic carbocycles. The van der Waals surface area contributed by atoms with E-state index in [1.54, 1.807) is 11.3 Å². The van der Waals surface area contributed by atoms with Crippen LogP contribution in [0.25, 0.3) is 10.2 Å². The van der Waals surface area contributed by atoms with Gasteiger partial charge in [-0.05, 0) is 62.2 Å². The number of thiazole rings is 1. The average Bonchev–Trinajstić information content (AvgIpc) is 3.40. The van der Waals surface area contributed by atoms with Crippen molar-refractivity contribution in [3.8, 4) is 0 Å². The minimum atomic E-state index is 0.138. The standard InChI is InChI=1S/C24H25N3O2S/c28-21(17-9-11-19(12-10-17)27-14-4-8-23(27)29)16-26-13-3-5-18(15-26)24-25-20-6-1-2-7-22(20)30-24/h1-2,6-7,9-12,18H,3-5,8,13-16H2. The fraction of sp³-hybridized carbons (Fsp3) is 0.375. The van der Waals surface area contributed by atoms with Gasteiger partial charge in [0.15, 0.2) is 5.78 Å². The lowest BCUT2D eigenvalue weighted by Gasteiger charge is -2.31. The van der Waals surface area contributed by atoms with Gasteiger partial charge in [-0.3, -0.25) is 14.5 Å². The molecule has 1 aromatic heterocycles. The van der Waals surface area contributed by atoms with Crippen LogP contribution >= 0.6 is 11.3 Å². The van der Waals surface area contributed by atoms with Crippen LogP contribution in [0.1, 0.15) is 47.0 Å². The Bertz CT molecular complexity index is 1040. The first kappa shape index (κ1) is 19.4. The Labute approximate surface area is 180 Å². The van der Waals surface area contributed by atoms with E-state index in [-0.39, 0.29) is 11.7 Å². The number of piperidine rings is 1. The number of likely N-dealkylation sites (tertiary alicyclic amines) is 1. The number of hydrogen-bond donors (Lipinski definition) is 0. The molecule has 1 amide bonds. The SMILES string of the molecule is O=C(CN1CCCC(c2nc3ccccc3s2)C1)c1ccc(N2CCCC2=O)cc1. The molecule has 0 spiro atoms. The van der Waals surface area contributed by atoms with Crippen LogP contribution in [-0.2, 0) is 4.79 Å². The molecule has 0 N–H and O–H groups in total. The number of hydrogen-bond acceptors (Lipinski definition) is 5. The molecule has 0 aliphatic carbocycles. The molecule has 5 nitrogen and oxygen atoms in total. The van der Waals surface area contributed by atoms with E-state index in [9.17, 15) is 9.59 Å². The number of fused-ring (bicyclic) bond motifs is 1. The Morgan fingerprint density at radius 1 is 1.07 bits per heavy atom. The van der Waals surface area contributed by atoms with Gasteiger partial charge in [0.05, 0.1) is 21.8 Å². The summed E-state index contributed by atoms with van der Waals surface area (Å²) >= 11 is 1.78. The molecular weight excluding hydrogens is 394 g/mol. The van der Waals surface area contributed by atoms with Crippen molar-refractivity contribution < 1.29 is 9.59 Å². The molecule has 5 rings (SSSR count). The molecule has 6 heteroatoms. The van der Waals surface area contributed by atoms with Gasteiger partial charge in [0.2, 0.25) is 5.91 Å². The molecule has 2 aliphatic heterocycles. The lowest BCUT2D eigenvalue weighted by molar-refractivity contribution is -0.117. The number of ketones is 1. The first-order valence-corrected chi connectivity index (χ1v) is 11.5. The predicted octanol–water partition coefficient (Wildman–Crippen LogP) is 4.49. The quantitative estimate of drug-likeness (QED) is 0.572. The highest BCUT2D eigenvalue weighted by Gasteiger charge is 2.26. The average molecular weight is 420 g/mol. The van der Waals surface area contributed by atoms with Crippen molar-refractivity contribution >= 4 is 38.9 Å². The molecule has 0 saturated carbocycles. The summed E-state index contributed by atoms with van der Waals surface area (Å²) in [6.07, 6.45) is 3.74. The lowest BCUT2D eigenvalue weighted by atomic mass is 9.98. The first-order valence-electron chi connectivity index (χ1n) is 10.7. The Balaban J connectivity index is 1.23. The zero-order chi connectivity index (χ0) is 20.5. The molecule has 1 unspecified atom stereocenters. The molecule has 1 atom stereocenters. The van der Waals surface area contributed by atoms with Gasteiger partial charge in [-0.25, -0.2) is 4.98 Å². The van der Waals surface area contributed by atoms with E-state index in [2.05, 4.69) is 23.1 Å². The predicted molar refractivity (Wildman–Crippen MR) is 120 cm³/mol. The van der Waals surface area contributed by atoms with Crippen molar-refractivity contribution in [1.29, 1.82) is 0 Å². The van der Waals surface area contributed by atoms with Crippen LogP contribution in [0, 0.1) is 0 Å². The van der Waals surface area contributed by atoms with Crippen molar-refractivity contribution in [2.24, 2.45) is 0 Å². The smallest absolute Gasteiger partial charge is 0.227 e. The van der Waals surface area contributed by atoms with Crippen LogP contribution in [0.3, 0.4) is 0 Å². The maximum atomic E-state index is 12.9. The normalized spacial score (nSPS) is 20.2. The van der Waals surface area contributed by atoms with E-state index in [0.717, 1.165) is 50.1 Å². The van der Waals surface area contributed by atoms with Gasteiger partial charge in [-0.15, -0.1) is 11.3 Å². The van der Waals surface area contributed by atoms with Gasteiger partial charge in [-0.2, -0.15) is 0 Å². The van der Waals surface area contributed by atoms with E-state index < -0.39 is 0 Å². The highest BCUT2D eigenvalue weighted by atomic mass is 32.1. The maximum absolute atomic E-state index is 12.9. The van der Waals surface area contributed by atoms with Crippen molar-refractivity contribution in [1.82, 2.24) is 9.88 Å². The molecule has 154 valence electrons. The fourth-order valence-electron chi connectivity index (χ4n) is 4.51. The maximum Gasteiger partial charge on any atom is 0.227 e. The van der Waals surface area contributed by atoms with Crippen LogP contribution in [0.15, 0.2) is 48.5 Å². The third-order valence-corrected chi connectivity index (χ3v) is 7.31. The third-order valence-electron chi connectivity index (χ3n) is 6.11. The van der Waals surface area contributed by atoms with E-state index >= 15 is 0 Å². The van der Waals surface area contributed by atoms with Crippen LogP contribution in [0.4, 0.5) is 5.69 Å².